The number of para-hydroxylation sites is 1. The van der Waals surface area contributed by atoms with Gasteiger partial charge in [-0.05, 0) is 24.6 Å². The molecule has 0 bridgehead atoms. The molecule has 4 nitrogen and oxygen atoms in total. The van der Waals surface area contributed by atoms with Crippen LogP contribution >= 0.6 is 0 Å². The topological polar surface area (TPSA) is 57.0 Å². The van der Waals surface area contributed by atoms with E-state index in [1.165, 1.54) is 0 Å². The highest BCUT2D eigenvalue weighted by Gasteiger charge is 2.21. The van der Waals surface area contributed by atoms with Gasteiger partial charge in [-0.2, -0.15) is 5.26 Å². The molecular weight excluding hydrogens is 262 g/mol. The van der Waals surface area contributed by atoms with Crippen molar-refractivity contribution in [3.05, 3.63) is 59.4 Å². The molecule has 0 unspecified atom stereocenters. The fourth-order valence-electron chi connectivity index (χ4n) is 2.71. The molecule has 0 fully saturated rings. The monoisotopic (exact) mass is 277 g/mol. The van der Waals surface area contributed by atoms with Crippen molar-refractivity contribution >= 4 is 11.5 Å². The summed E-state index contributed by atoms with van der Waals surface area (Å²) in [5.41, 5.74) is 3.07. The molecule has 0 radical (unpaired) electrons. The van der Waals surface area contributed by atoms with E-state index in [9.17, 15) is 4.79 Å². The third-order valence-electron chi connectivity index (χ3n) is 3.74. The minimum atomic E-state index is 0.194. The van der Waals surface area contributed by atoms with Crippen molar-refractivity contribution in [3.63, 3.8) is 0 Å². The molecule has 0 saturated carbocycles. The molecule has 1 aromatic heterocycles. The van der Waals surface area contributed by atoms with Gasteiger partial charge >= 0.3 is 0 Å². The quantitative estimate of drug-likeness (QED) is 0.847. The minimum absolute atomic E-state index is 0.194. The van der Waals surface area contributed by atoms with Crippen molar-refractivity contribution in [1.82, 2.24) is 4.98 Å². The Bertz CT molecular complexity index is 718. The third kappa shape index (κ3) is 2.63. The Morgan fingerprint density at radius 1 is 1.24 bits per heavy atom. The SMILES string of the molecule is N#Cc1ncccc1CN1CCCC(=O)c2ccccc21. The van der Waals surface area contributed by atoms with Crippen LogP contribution in [0.25, 0.3) is 0 Å². The molecular formula is C17H15N3O. The Kier molecular flexibility index (Phi) is 3.65. The fourth-order valence-corrected chi connectivity index (χ4v) is 2.71. The lowest BCUT2D eigenvalue weighted by atomic mass is 10.1. The Labute approximate surface area is 123 Å². The highest BCUT2D eigenvalue weighted by molar-refractivity contribution is 6.01. The summed E-state index contributed by atoms with van der Waals surface area (Å²) in [6.45, 7) is 1.41. The van der Waals surface area contributed by atoms with E-state index in [0.717, 1.165) is 29.8 Å². The molecule has 0 amide bonds. The van der Waals surface area contributed by atoms with Crippen LogP contribution in [0.2, 0.25) is 0 Å². The van der Waals surface area contributed by atoms with Gasteiger partial charge in [-0.15, -0.1) is 0 Å². The zero-order valence-electron chi connectivity index (χ0n) is 11.6. The molecule has 4 heteroatoms. The molecule has 0 atom stereocenters. The number of fused-ring (bicyclic) bond motifs is 1. The molecule has 0 aliphatic carbocycles. The van der Waals surface area contributed by atoms with Gasteiger partial charge in [0.15, 0.2) is 5.78 Å². The molecule has 21 heavy (non-hydrogen) atoms. The van der Waals surface area contributed by atoms with Crippen molar-refractivity contribution in [2.24, 2.45) is 0 Å². The molecule has 1 aliphatic heterocycles. The van der Waals surface area contributed by atoms with Gasteiger partial charge in [0, 0.05) is 42.5 Å². The summed E-state index contributed by atoms with van der Waals surface area (Å²) in [4.78, 5) is 18.4. The van der Waals surface area contributed by atoms with Gasteiger partial charge in [0.05, 0.1) is 0 Å². The molecule has 0 spiro atoms. The fraction of sp³-hybridized carbons (Fsp3) is 0.235. The number of anilines is 1. The van der Waals surface area contributed by atoms with Crippen LogP contribution in [0.15, 0.2) is 42.6 Å². The largest absolute Gasteiger partial charge is 0.366 e. The van der Waals surface area contributed by atoms with Crippen LogP contribution in [0.5, 0.6) is 0 Å². The van der Waals surface area contributed by atoms with Gasteiger partial charge in [0.2, 0.25) is 0 Å². The molecule has 104 valence electrons. The van der Waals surface area contributed by atoms with Crippen LogP contribution < -0.4 is 4.90 Å². The van der Waals surface area contributed by atoms with E-state index in [1.807, 2.05) is 36.4 Å². The minimum Gasteiger partial charge on any atom is -0.366 e. The number of carbonyl (C=O) groups excluding carboxylic acids is 1. The van der Waals surface area contributed by atoms with Gasteiger partial charge in [0.25, 0.3) is 0 Å². The first-order valence-corrected chi connectivity index (χ1v) is 7.01. The van der Waals surface area contributed by atoms with Gasteiger partial charge in [-0.3, -0.25) is 4.79 Å². The second-order valence-corrected chi connectivity index (χ2v) is 5.09. The number of Topliss-reactive ketones (excluding diaryl/α,β-unsaturated/α-hetero) is 1. The average molecular weight is 277 g/mol. The van der Waals surface area contributed by atoms with Crippen LogP contribution in [0.3, 0.4) is 0 Å². The molecule has 2 heterocycles. The van der Waals surface area contributed by atoms with Crippen LogP contribution in [0.4, 0.5) is 5.69 Å². The Morgan fingerprint density at radius 2 is 2.10 bits per heavy atom. The molecule has 0 N–H and O–H groups in total. The summed E-state index contributed by atoms with van der Waals surface area (Å²) >= 11 is 0. The Morgan fingerprint density at radius 3 is 2.95 bits per heavy atom. The summed E-state index contributed by atoms with van der Waals surface area (Å²) < 4.78 is 0. The van der Waals surface area contributed by atoms with E-state index in [0.29, 0.717) is 18.7 Å². The number of aromatic nitrogens is 1. The predicted octanol–water partition coefficient (Wildman–Crippen LogP) is 2.94. The van der Waals surface area contributed by atoms with Crippen LogP contribution in [-0.4, -0.2) is 17.3 Å². The van der Waals surface area contributed by atoms with Crippen molar-refractivity contribution in [1.29, 1.82) is 5.26 Å². The average Bonchev–Trinajstić information content (AvgIpc) is 2.68. The second kappa shape index (κ2) is 5.76. The number of ketones is 1. The molecule has 0 saturated heterocycles. The van der Waals surface area contributed by atoms with Gasteiger partial charge < -0.3 is 4.90 Å². The Balaban J connectivity index is 1.97. The predicted molar refractivity (Wildman–Crippen MR) is 80.0 cm³/mol. The maximum absolute atomic E-state index is 12.1. The number of rotatable bonds is 2. The van der Waals surface area contributed by atoms with Crippen molar-refractivity contribution in [2.75, 3.05) is 11.4 Å². The number of nitrogens with zero attached hydrogens (tertiary/aromatic N) is 3. The van der Waals surface area contributed by atoms with Gasteiger partial charge in [0.1, 0.15) is 11.8 Å². The first-order valence-electron chi connectivity index (χ1n) is 7.01. The number of hydrogen-bond donors (Lipinski definition) is 0. The zero-order chi connectivity index (χ0) is 14.7. The second-order valence-electron chi connectivity index (χ2n) is 5.09. The number of pyridine rings is 1. The zero-order valence-corrected chi connectivity index (χ0v) is 11.6. The highest BCUT2D eigenvalue weighted by atomic mass is 16.1. The lowest BCUT2D eigenvalue weighted by Gasteiger charge is -2.24. The van der Waals surface area contributed by atoms with E-state index in [4.69, 9.17) is 5.26 Å². The highest BCUT2D eigenvalue weighted by Crippen LogP contribution is 2.27. The van der Waals surface area contributed by atoms with E-state index >= 15 is 0 Å². The number of hydrogen-bond acceptors (Lipinski definition) is 4. The summed E-state index contributed by atoms with van der Waals surface area (Å²) in [7, 11) is 0. The first kappa shape index (κ1) is 13.3. The van der Waals surface area contributed by atoms with Crippen LogP contribution in [0, 0.1) is 11.3 Å². The molecule has 1 aromatic carbocycles. The van der Waals surface area contributed by atoms with Crippen molar-refractivity contribution in [2.45, 2.75) is 19.4 Å². The van der Waals surface area contributed by atoms with E-state index in [-0.39, 0.29) is 5.78 Å². The molecule has 1 aliphatic rings. The van der Waals surface area contributed by atoms with Crippen molar-refractivity contribution < 1.29 is 4.79 Å². The lowest BCUT2D eigenvalue weighted by molar-refractivity contribution is 0.0984. The third-order valence-corrected chi connectivity index (χ3v) is 3.74. The standard InChI is InChI=1S/C17H15N3O/c18-11-15-13(5-3-9-19-15)12-20-10-4-8-17(21)14-6-1-2-7-16(14)20/h1-3,5-7,9H,4,8,10,12H2. The summed E-state index contributed by atoms with van der Waals surface area (Å²) in [5, 5.41) is 9.16. The number of benzene rings is 1. The maximum atomic E-state index is 12.1. The summed E-state index contributed by atoms with van der Waals surface area (Å²) in [5.74, 6) is 0.194. The van der Waals surface area contributed by atoms with E-state index < -0.39 is 0 Å². The molecule has 3 rings (SSSR count). The molecule has 2 aromatic rings. The maximum Gasteiger partial charge on any atom is 0.165 e. The van der Waals surface area contributed by atoms with Crippen molar-refractivity contribution in [3.8, 4) is 6.07 Å². The Hall–Kier alpha value is -2.67. The lowest BCUT2D eigenvalue weighted by Crippen LogP contribution is -2.24. The van der Waals surface area contributed by atoms with E-state index in [1.54, 1.807) is 6.20 Å². The van der Waals surface area contributed by atoms with Crippen LogP contribution in [-0.2, 0) is 6.54 Å². The number of nitriles is 1. The first-order chi connectivity index (χ1) is 10.3. The smallest absolute Gasteiger partial charge is 0.165 e. The van der Waals surface area contributed by atoms with Crippen LogP contribution in [0.1, 0.15) is 34.5 Å². The summed E-state index contributed by atoms with van der Waals surface area (Å²) in [6, 6.07) is 13.6. The van der Waals surface area contributed by atoms with E-state index in [2.05, 4.69) is 16.0 Å². The number of carbonyl (C=O) groups is 1. The normalized spacial score (nSPS) is 14.2. The van der Waals surface area contributed by atoms with Gasteiger partial charge in [-0.25, -0.2) is 4.98 Å². The summed E-state index contributed by atoms with van der Waals surface area (Å²) in [6.07, 6.45) is 3.03. The van der Waals surface area contributed by atoms with Gasteiger partial charge in [-0.1, -0.05) is 18.2 Å².